The molecule has 0 bridgehead atoms. The lowest BCUT2D eigenvalue weighted by atomic mass is 10.0. The lowest BCUT2D eigenvalue weighted by Gasteiger charge is -2.27. The van der Waals surface area contributed by atoms with E-state index in [9.17, 15) is 0 Å². The Hall–Kier alpha value is -0.900. The minimum Gasteiger partial charge on any atom is -0.374 e. The summed E-state index contributed by atoms with van der Waals surface area (Å²) in [6.07, 6.45) is 0.894. The molecule has 1 fully saturated rings. The molecule has 1 unspecified atom stereocenters. The molecule has 1 aliphatic rings. The predicted octanol–water partition coefficient (Wildman–Crippen LogP) is 3.13. The van der Waals surface area contributed by atoms with Crippen molar-refractivity contribution in [2.75, 3.05) is 13.2 Å². The first-order chi connectivity index (χ1) is 8.55. The minimum atomic E-state index is -0.494. The first kappa shape index (κ1) is 13.5. The molecule has 1 atom stereocenters. The van der Waals surface area contributed by atoms with Gasteiger partial charge in [-0.15, -0.1) is 0 Å². The highest BCUT2D eigenvalue weighted by Gasteiger charge is 2.44. The standard InChI is InChI=1S/C15H22O3/c1-4-15(12-17-14(2,3)18-15)11-16-10-13-8-6-5-7-9-13/h5-9H,4,10-12H2,1-3H3. The average Bonchev–Trinajstić information content (AvgIpc) is 2.67. The smallest absolute Gasteiger partial charge is 0.163 e. The van der Waals surface area contributed by atoms with Gasteiger partial charge in [0.05, 0.1) is 19.8 Å². The Labute approximate surface area is 109 Å². The maximum atomic E-state index is 5.98. The molecule has 1 aromatic carbocycles. The largest absolute Gasteiger partial charge is 0.374 e. The summed E-state index contributed by atoms with van der Waals surface area (Å²) in [6, 6.07) is 10.2. The van der Waals surface area contributed by atoms with Crippen molar-refractivity contribution >= 4 is 0 Å². The van der Waals surface area contributed by atoms with E-state index in [2.05, 4.69) is 19.1 Å². The van der Waals surface area contributed by atoms with Gasteiger partial charge in [0.25, 0.3) is 0 Å². The van der Waals surface area contributed by atoms with Crippen molar-refractivity contribution in [3.63, 3.8) is 0 Å². The topological polar surface area (TPSA) is 27.7 Å². The maximum absolute atomic E-state index is 5.98. The third-order valence-corrected chi connectivity index (χ3v) is 3.27. The molecule has 0 radical (unpaired) electrons. The van der Waals surface area contributed by atoms with Gasteiger partial charge in [-0.05, 0) is 25.8 Å². The zero-order valence-corrected chi connectivity index (χ0v) is 11.4. The zero-order chi connectivity index (χ0) is 13.1. The van der Waals surface area contributed by atoms with Crippen LogP contribution in [0.2, 0.25) is 0 Å². The summed E-state index contributed by atoms with van der Waals surface area (Å²) < 4.78 is 17.4. The van der Waals surface area contributed by atoms with Gasteiger partial charge in [-0.25, -0.2) is 0 Å². The number of benzene rings is 1. The quantitative estimate of drug-likeness (QED) is 0.803. The number of rotatable bonds is 5. The second-order valence-electron chi connectivity index (χ2n) is 5.31. The van der Waals surface area contributed by atoms with E-state index in [0.29, 0.717) is 19.8 Å². The lowest BCUT2D eigenvalue weighted by molar-refractivity contribution is -0.175. The summed E-state index contributed by atoms with van der Waals surface area (Å²) >= 11 is 0. The molecular formula is C15H22O3. The number of ether oxygens (including phenoxy) is 3. The second kappa shape index (κ2) is 5.39. The molecule has 2 rings (SSSR count). The van der Waals surface area contributed by atoms with E-state index in [1.165, 1.54) is 5.56 Å². The zero-order valence-electron chi connectivity index (χ0n) is 11.4. The first-order valence-corrected chi connectivity index (χ1v) is 6.51. The van der Waals surface area contributed by atoms with Crippen molar-refractivity contribution in [2.45, 2.75) is 45.2 Å². The van der Waals surface area contributed by atoms with Crippen LogP contribution in [0.1, 0.15) is 32.8 Å². The molecule has 3 nitrogen and oxygen atoms in total. The molecule has 3 heteroatoms. The van der Waals surface area contributed by atoms with Gasteiger partial charge in [0.1, 0.15) is 5.60 Å². The SMILES string of the molecule is CCC1(COCc2ccccc2)COC(C)(C)O1. The Morgan fingerprint density at radius 1 is 1.22 bits per heavy atom. The van der Waals surface area contributed by atoms with E-state index in [1.807, 2.05) is 32.0 Å². The highest BCUT2D eigenvalue weighted by atomic mass is 16.8. The van der Waals surface area contributed by atoms with Crippen molar-refractivity contribution in [1.29, 1.82) is 0 Å². The molecule has 0 aromatic heterocycles. The molecule has 1 aromatic rings. The molecule has 0 N–H and O–H groups in total. The Kier molecular flexibility index (Phi) is 4.05. The van der Waals surface area contributed by atoms with E-state index in [0.717, 1.165) is 6.42 Å². The van der Waals surface area contributed by atoms with Gasteiger partial charge in [-0.2, -0.15) is 0 Å². The van der Waals surface area contributed by atoms with Crippen molar-refractivity contribution in [2.24, 2.45) is 0 Å². The van der Waals surface area contributed by atoms with Crippen LogP contribution in [0.15, 0.2) is 30.3 Å². The van der Waals surface area contributed by atoms with Crippen molar-refractivity contribution in [3.8, 4) is 0 Å². The monoisotopic (exact) mass is 250 g/mol. The number of hydrogen-bond donors (Lipinski definition) is 0. The van der Waals surface area contributed by atoms with E-state index in [1.54, 1.807) is 0 Å². The van der Waals surface area contributed by atoms with E-state index in [4.69, 9.17) is 14.2 Å². The summed E-state index contributed by atoms with van der Waals surface area (Å²) in [7, 11) is 0. The molecule has 1 heterocycles. The van der Waals surface area contributed by atoms with Crippen LogP contribution in [0.3, 0.4) is 0 Å². The van der Waals surface area contributed by atoms with Crippen LogP contribution in [0.5, 0.6) is 0 Å². The Bertz CT molecular complexity index is 375. The molecule has 0 saturated carbocycles. The molecule has 0 aliphatic carbocycles. The van der Waals surface area contributed by atoms with Gasteiger partial charge in [-0.1, -0.05) is 37.3 Å². The Morgan fingerprint density at radius 3 is 2.50 bits per heavy atom. The first-order valence-electron chi connectivity index (χ1n) is 6.51. The highest BCUT2D eigenvalue weighted by Crippen LogP contribution is 2.33. The van der Waals surface area contributed by atoms with Crippen LogP contribution in [0, 0.1) is 0 Å². The normalized spacial score (nSPS) is 26.4. The molecule has 0 amide bonds. The van der Waals surface area contributed by atoms with Crippen molar-refractivity contribution in [1.82, 2.24) is 0 Å². The van der Waals surface area contributed by atoms with E-state index >= 15 is 0 Å². The fourth-order valence-electron chi connectivity index (χ4n) is 2.16. The minimum absolute atomic E-state index is 0.293. The molecule has 1 aliphatic heterocycles. The fourth-order valence-corrected chi connectivity index (χ4v) is 2.16. The summed E-state index contributed by atoms with van der Waals surface area (Å²) in [5, 5.41) is 0. The summed E-state index contributed by atoms with van der Waals surface area (Å²) in [4.78, 5) is 0. The van der Waals surface area contributed by atoms with Crippen LogP contribution in [-0.2, 0) is 20.8 Å². The Morgan fingerprint density at radius 2 is 1.94 bits per heavy atom. The number of hydrogen-bond acceptors (Lipinski definition) is 3. The molecule has 18 heavy (non-hydrogen) atoms. The van der Waals surface area contributed by atoms with E-state index < -0.39 is 5.79 Å². The summed E-state index contributed by atoms with van der Waals surface area (Å²) in [5.41, 5.74) is 0.889. The van der Waals surface area contributed by atoms with Crippen molar-refractivity contribution in [3.05, 3.63) is 35.9 Å². The van der Waals surface area contributed by atoms with Gasteiger partial charge in [0, 0.05) is 0 Å². The fraction of sp³-hybridized carbons (Fsp3) is 0.600. The van der Waals surface area contributed by atoms with Gasteiger partial charge < -0.3 is 14.2 Å². The highest BCUT2D eigenvalue weighted by molar-refractivity contribution is 5.13. The molecule has 0 spiro atoms. The Balaban J connectivity index is 1.85. The van der Waals surface area contributed by atoms with Crippen molar-refractivity contribution < 1.29 is 14.2 Å². The molecule has 1 saturated heterocycles. The van der Waals surface area contributed by atoms with Gasteiger partial charge in [0.2, 0.25) is 0 Å². The average molecular weight is 250 g/mol. The van der Waals surface area contributed by atoms with Crippen LogP contribution in [0.4, 0.5) is 0 Å². The van der Waals surface area contributed by atoms with Gasteiger partial charge in [0.15, 0.2) is 5.79 Å². The maximum Gasteiger partial charge on any atom is 0.163 e. The summed E-state index contributed by atoms with van der Waals surface area (Å²) in [5.74, 6) is -0.494. The lowest BCUT2D eigenvalue weighted by Crippen LogP contribution is -2.38. The van der Waals surface area contributed by atoms with E-state index in [-0.39, 0.29) is 5.60 Å². The van der Waals surface area contributed by atoms with Gasteiger partial charge in [-0.3, -0.25) is 0 Å². The predicted molar refractivity (Wildman–Crippen MR) is 70.2 cm³/mol. The second-order valence-corrected chi connectivity index (χ2v) is 5.31. The summed E-state index contributed by atoms with van der Waals surface area (Å²) in [6.45, 7) is 7.79. The van der Waals surface area contributed by atoms with Crippen LogP contribution < -0.4 is 0 Å². The third-order valence-electron chi connectivity index (χ3n) is 3.27. The van der Waals surface area contributed by atoms with Crippen LogP contribution >= 0.6 is 0 Å². The van der Waals surface area contributed by atoms with Crippen LogP contribution in [0.25, 0.3) is 0 Å². The van der Waals surface area contributed by atoms with Crippen LogP contribution in [-0.4, -0.2) is 24.6 Å². The van der Waals surface area contributed by atoms with Gasteiger partial charge >= 0.3 is 0 Å². The molecular weight excluding hydrogens is 228 g/mol. The third kappa shape index (κ3) is 3.31. The molecule has 100 valence electrons.